The van der Waals surface area contributed by atoms with Crippen LogP contribution in [0.1, 0.15) is 24.2 Å². The number of nitrogens with zero attached hydrogens (tertiary/aromatic N) is 2. The Bertz CT molecular complexity index is 482. The summed E-state index contributed by atoms with van der Waals surface area (Å²) >= 11 is 0. The van der Waals surface area contributed by atoms with Crippen LogP contribution in [0.15, 0.2) is 12.4 Å². The van der Waals surface area contributed by atoms with Crippen molar-refractivity contribution in [3.8, 4) is 0 Å². The zero-order valence-corrected chi connectivity index (χ0v) is 11.2. The van der Waals surface area contributed by atoms with Gasteiger partial charge in [0.05, 0.1) is 29.9 Å². The first kappa shape index (κ1) is 13.4. The number of rotatable bonds is 7. The zero-order chi connectivity index (χ0) is 13.0. The molecule has 0 spiro atoms. The molecular weight excluding hydrogens is 252 g/mol. The van der Waals surface area contributed by atoms with Crippen LogP contribution in [0.2, 0.25) is 0 Å². The van der Waals surface area contributed by atoms with Gasteiger partial charge in [-0.05, 0) is 19.8 Å². The molecule has 6 nitrogen and oxygen atoms in total. The molecule has 0 aliphatic heterocycles. The molecular formula is C11H18N4O2S. The monoisotopic (exact) mass is 270 g/mol. The summed E-state index contributed by atoms with van der Waals surface area (Å²) in [5.74, 6) is 0.1000. The average molecular weight is 270 g/mol. The normalized spacial score (nSPS) is 15.8. The average Bonchev–Trinajstić information content (AvgIpc) is 3.12. The van der Waals surface area contributed by atoms with E-state index in [1.54, 1.807) is 12.4 Å². The second kappa shape index (κ2) is 5.73. The maximum Gasteiger partial charge on any atom is 0.213 e. The molecule has 0 saturated heterocycles. The summed E-state index contributed by atoms with van der Waals surface area (Å²) in [5.41, 5.74) is 1.44. The number of sulfonamides is 1. The van der Waals surface area contributed by atoms with Gasteiger partial charge in [-0.1, -0.05) is 0 Å². The van der Waals surface area contributed by atoms with Crippen LogP contribution in [0, 0.1) is 6.92 Å². The van der Waals surface area contributed by atoms with Crippen LogP contribution in [-0.2, 0) is 16.6 Å². The minimum absolute atomic E-state index is 0.1000. The van der Waals surface area contributed by atoms with Crippen LogP contribution in [0.4, 0.5) is 0 Å². The maximum absolute atomic E-state index is 11.7. The molecule has 1 heterocycles. The fourth-order valence-electron chi connectivity index (χ4n) is 1.45. The summed E-state index contributed by atoms with van der Waals surface area (Å²) in [5, 5.41) is 3.17. The van der Waals surface area contributed by atoms with E-state index in [1.807, 2.05) is 6.92 Å². The van der Waals surface area contributed by atoms with E-state index in [1.165, 1.54) is 0 Å². The van der Waals surface area contributed by atoms with Gasteiger partial charge in [-0.15, -0.1) is 0 Å². The van der Waals surface area contributed by atoms with E-state index in [4.69, 9.17) is 0 Å². The van der Waals surface area contributed by atoms with Gasteiger partial charge < -0.3 is 5.32 Å². The summed E-state index contributed by atoms with van der Waals surface area (Å²) < 4.78 is 25.9. The summed E-state index contributed by atoms with van der Waals surface area (Å²) in [7, 11) is -3.24. The molecule has 2 N–H and O–H groups in total. The number of hydrogen-bond donors (Lipinski definition) is 2. The van der Waals surface area contributed by atoms with Crippen molar-refractivity contribution in [1.82, 2.24) is 20.0 Å². The number of hydrogen-bond acceptors (Lipinski definition) is 5. The zero-order valence-electron chi connectivity index (χ0n) is 10.4. The van der Waals surface area contributed by atoms with E-state index in [9.17, 15) is 8.42 Å². The Labute approximate surface area is 107 Å². The third-order valence-corrected chi connectivity index (χ3v) is 4.01. The molecule has 2 rings (SSSR count). The highest BCUT2D eigenvalue weighted by Crippen LogP contribution is 2.17. The van der Waals surface area contributed by atoms with E-state index in [-0.39, 0.29) is 12.3 Å². The van der Waals surface area contributed by atoms with E-state index in [2.05, 4.69) is 20.0 Å². The Kier molecular flexibility index (Phi) is 4.26. The van der Waals surface area contributed by atoms with Gasteiger partial charge in [0.25, 0.3) is 0 Å². The third kappa shape index (κ3) is 4.67. The predicted molar refractivity (Wildman–Crippen MR) is 68.4 cm³/mol. The van der Waals surface area contributed by atoms with Crippen molar-refractivity contribution in [3.05, 3.63) is 23.8 Å². The molecule has 1 fully saturated rings. The van der Waals surface area contributed by atoms with E-state index in [0.29, 0.717) is 18.3 Å². The largest absolute Gasteiger partial charge is 0.313 e. The lowest BCUT2D eigenvalue weighted by Crippen LogP contribution is -2.32. The molecule has 100 valence electrons. The van der Waals surface area contributed by atoms with Crippen LogP contribution in [0.5, 0.6) is 0 Å². The molecule has 18 heavy (non-hydrogen) atoms. The third-order valence-electron chi connectivity index (χ3n) is 2.69. The van der Waals surface area contributed by atoms with Gasteiger partial charge in [-0.2, -0.15) is 0 Å². The van der Waals surface area contributed by atoms with Crippen molar-refractivity contribution in [2.24, 2.45) is 0 Å². The molecule has 0 atom stereocenters. The molecule has 1 saturated carbocycles. The minimum atomic E-state index is -3.24. The molecule has 0 radical (unpaired) electrons. The van der Waals surface area contributed by atoms with Crippen molar-refractivity contribution >= 4 is 10.0 Å². The van der Waals surface area contributed by atoms with Crippen LogP contribution in [0.3, 0.4) is 0 Å². The van der Waals surface area contributed by atoms with Gasteiger partial charge >= 0.3 is 0 Å². The molecule has 0 unspecified atom stereocenters. The van der Waals surface area contributed by atoms with E-state index < -0.39 is 10.0 Å². The van der Waals surface area contributed by atoms with E-state index in [0.717, 1.165) is 18.5 Å². The lowest BCUT2D eigenvalue weighted by Gasteiger charge is -2.06. The molecule has 7 heteroatoms. The SMILES string of the molecule is Cc1cnc(CNS(=O)(=O)CCNC2CC2)cn1. The first-order valence-corrected chi connectivity index (χ1v) is 7.69. The van der Waals surface area contributed by atoms with Gasteiger partial charge in [0.1, 0.15) is 0 Å². The first-order chi connectivity index (χ1) is 8.55. The standard InChI is InChI=1S/C11H18N4O2S/c1-9-6-14-11(7-13-9)8-15-18(16,17)5-4-12-10-2-3-10/h6-7,10,12,15H,2-5,8H2,1H3. The van der Waals surface area contributed by atoms with Crippen molar-refractivity contribution in [1.29, 1.82) is 0 Å². The van der Waals surface area contributed by atoms with Crippen molar-refractivity contribution in [2.45, 2.75) is 32.4 Å². The smallest absolute Gasteiger partial charge is 0.213 e. The fourth-order valence-corrected chi connectivity index (χ4v) is 2.35. The lowest BCUT2D eigenvalue weighted by atomic mass is 10.4. The summed E-state index contributed by atoms with van der Waals surface area (Å²) in [4.78, 5) is 8.16. The Hall–Kier alpha value is -1.05. The number of aryl methyl sites for hydroxylation is 1. The summed E-state index contributed by atoms with van der Waals surface area (Å²) in [6.07, 6.45) is 5.53. The molecule has 1 aromatic rings. The summed E-state index contributed by atoms with van der Waals surface area (Å²) in [6.45, 7) is 2.53. The van der Waals surface area contributed by atoms with Crippen molar-refractivity contribution in [2.75, 3.05) is 12.3 Å². The molecule has 0 bridgehead atoms. The van der Waals surface area contributed by atoms with Gasteiger partial charge in [0, 0.05) is 18.8 Å². The fraction of sp³-hybridized carbons (Fsp3) is 0.636. The molecule has 1 aliphatic rings. The van der Waals surface area contributed by atoms with Crippen LogP contribution in [-0.4, -0.2) is 36.7 Å². The molecule has 1 aromatic heterocycles. The Morgan fingerprint density at radius 1 is 1.33 bits per heavy atom. The van der Waals surface area contributed by atoms with Gasteiger partial charge in [0.2, 0.25) is 10.0 Å². The Balaban J connectivity index is 1.74. The minimum Gasteiger partial charge on any atom is -0.313 e. The molecule has 1 aliphatic carbocycles. The maximum atomic E-state index is 11.7. The van der Waals surface area contributed by atoms with Gasteiger partial charge in [-0.25, -0.2) is 13.1 Å². The van der Waals surface area contributed by atoms with Crippen LogP contribution < -0.4 is 10.0 Å². The first-order valence-electron chi connectivity index (χ1n) is 6.03. The van der Waals surface area contributed by atoms with Crippen LogP contribution in [0.25, 0.3) is 0 Å². The predicted octanol–water partition coefficient (Wildman–Crippen LogP) is -0.0436. The second-order valence-corrected chi connectivity index (χ2v) is 6.44. The Morgan fingerprint density at radius 2 is 2.11 bits per heavy atom. The Morgan fingerprint density at radius 3 is 2.72 bits per heavy atom. The summed E-state index contributed by atoms with van der Waals surface area (Å²) in [6, 6.07) is 0.531. The highest BCUT2D eigenvalue weighted by atomic mass is 32.2. The van der Waals surface area contributed by atoms with Crippen molar-refractivity contribution in [3.63, 3.8) is 0 Å². The van der Waals surface area contributed by atoms with Gasteiger partial charge in [0.15, 0.2) is 0 Å². The topological polar surface area (TPSA) is 84.0 Å². The highest BCUT2D eigenvalue weighted by molar-refractivity contribution is 7.89. The quantitative estimate of drug-likeness (QED) is 0.726. The van der Waals surface area contributed by atoms with Crippen molar-refractivity contribution < 1.29 is 8.42 Å². The second-order valence-electron chi connectivity index (χ2n) is 4.52. The van der Waals surface area contributed by atoms with Crippen LogP contribution >= 0.6 is 0 Å². The van der Waals surface area contributed by atoms with E-state index >= 15 is 0 Å². The number of nitrogens with one attached hydrogen (secondary N) is 2. The molecule has 0 amide bonds. The highest BCUT2D eigenvalue weighted by Gasteiger charge is 2.21. The van der Waals surface area contributed by atoms with Gasteiger partial charge in [-0.3, -0.25) is 9.97 Å². The lowest BCUT2D eigenvalue weighted by molar-refractivity contribution is 0.575. The molecule has 0 aromatic carbocycles. The number of aromatic nitrogens is 2.